The molecule has 0 unspecified atom stereocenters. The summed E-state index contributed by atoms with van der Waals surface area (Å²) < 4.78 is 10.6. The Labute approximate surface area is 150 Å². The average Bonchev–Trinajstić information content (AvgIpc) is 3.14. The topological polar surface area (TPSA) is 96.9 Å². The van der Waals surface area contributed by atoms with Gasteiger partial charge in [0.2, 0.25) is 6.79 Å². The lowest BCUT2D eigenvalue weighted by atomic mass is 10.1. The van der Waals surface area contributed by atoms with Crippen LogP contribution in [-0.2, 0) is 4.79 Å². The quantitative estimate of drug-likeness (QED) is 0.680. The van der Waals surface area contributed by atoms with Crippen molar-refractivity contribution < 1.29 is 24.2 Å². The first-order chi connectivity index (χ1) is 12.7. The number of nitrogens with one attached hydrogen (secondary N) is 2. The van der Waals surface area contributed by atoms with Crippen molar-refractivity contribution in [1.29, 1.82) is 0 Å². The van der Waals surface area contributed by atoms with Gasteiger partial charge >= 0.3 is 0 Å². The molecule has 1 aliphatic rings. The molecule has 26 heavy (non-hydrogen) atoms. The number of aliphatic hydroxyl groups excluding tert-OH is 1. The smallest absolute Gasteiger partial charge is 0.267 e. The minimum Gasteiger partial charge on any atom is -0.454 e. The number of rotatable bonds is 6. The van der Waals surface area contributed by atoms with Crippen molar-refractivity contribution in [3.63, 3.8) is 0 Å². The number of carbonyl (C=O) groups excluding carboxylic acids is 2. The van der Waals surface area contributed by atoms with Crippen molar-refractivity contribution >= 4 is 17.9 Å². The molecule has 0 atom stereocenters. The lowest BCUT2D eigenvalue weighted by molar-refractivity contribution is -0.117. The third-order valence-electron chi connectivity index (χ3n) is 3.63. The summed E-state index contributed by atoms with van der Waals surface area (Å²) in [6.45, 7) is 0.0330. The van der Waals surface area contributed by atoms with Gasteiger partial charge in [0.1, 0.15) is 5.70 Å². The van der Waals surface area contributed by atoms with Crippen LogP contribution in [0.3, 0.4) is 0 Å². The maximum absolute atomic E-state index is 12.4. The van der Waals surface area contributed by atoms with Crippen molar-refractivity contribution in [3.05, 3.63) is 65.4 Å². The molecule has 134 valence electrons. The van der Waals surface area contributed by atoms with E-state index in [1.807, 2.05) is 0 Å². The molecule has 0 radical (unpaired) electrons. The molecule has 7 nitrogen and oxygen atoms in total. The van der Waals surface area contributed by atoms with E-state index in [1.54, 1.807) is 48.5 Å². The monoisotopic (exact) mass is 354 g/mol. The van der Waals surface area contributed by atoms with Crippen LogP contribution >= 0.6 is 0 Å². The molecule has 0 saturated heterocycles. The number of ether oxygens (including phenoxy) is 2. The summed E-state index contributed by atoms with van der Waals surface area (Å²) in [6.07, 6.45) is 1.54. The average molecular weight is 354 g/mol. The molecule has 3 N–H and O–H groups in total. The SMILES string of the molecule is O=C(NCCO)/C(=C\c1ccc2c(c1)OCO2)NC(=O)c1ccccc1. The van der Waals surface area contributed by atoms with E-state index in [2.05, 4.69) is 10.6 Å². The third-order valence-corrected chi connectivity index (χ3v) is 3.63. The van der Waals surface area contributed by atoms with Crippen LogP contribution in [0.4, 0.5) is 0 Å². The van der Waals surface area contributed by atoms with Gasteiger partial charge < -0.3 is 25.2 Å². The van der Waals surface area contributed by atoms with E-state index < -0.39 is 11.8 Å². The van der Waals surface area contributed by atoms with Gasteiger partial charge in [0.05, 0.1) is 6.61 Å². The fourth-order valence-corrected chi connectivity index (χ4v) is 2.38. The van der Waals surface area contributed by atoms with Gasteiger partial charge in [-0.15, -0.1) is 0 Å². The second-order valence-electron chi connectivity index (χ2n) is 5.47. The molecule has 0 spiro atoms. The van der Waals surface area contributed by atoms with E-state index >= 15 is 0 Å². The van der Waals surface area contributed by atoms with Crippen molar-refractivity contribution in [3.8, 4) is 11.5 Å². The Balaban J connectivity index is 1.85. The summed E-state index contributed by atoms with van der Waals surface area (Å²) >= 11 is 0. The number of hydrogen-bond acceptors (Lipinski definition) is 5. The molecule has 3 rings (SSSR count). The molecular formula is C19H18N2O5. The Bertz CT molecular complexity index is 833. The van der Waals surface area contributed by atoms with Crippen molar-refractivity contribution in [2.75, 3.05) is 19.9 Å². The number of benzene rings is 2. The highest BCUT2D eigenvalue weighted by atomic mass is 16.7. The van der Waals surface area contributed by atoms with Gasteiger partial charge in [0.25, 0.3) is 11.8 Å². The molecule has 1 aliphatic heterocycles. The summed E-state index contributed by atoms with van der Waals surface area (Å²) in [5.41, 5.74) is 1.15. The number of fused-ring (bicyclic) bond motifs is 1. The normalized spacial score (nSPS) is 12.6. The second-order valence-corrected chi connectivity index (χ2v) is 5.47. The molecule has 0 aromatic heterocycles. The predicted molar refractivity (Wildman–Crippen MR) is 94.5 cm³/mol. The van der Waals surface area contributed by atoms with Gasteiger partial charge in [-0.05, 0) is 35.9 Å². The largest absolute Gasteiger partial charge is 0.454 e. The van der Waals surface area contributed by atoms with Crippen molar-refractivity contribution in [2.24, 2.45) is 0 Å². The third kappa shape index (κ3) is 4.20. The Kier molecular flexibility index (Phi) is 5.50. The van der Waals surface area contributed by atoms with Crippen LogP contribution in [0.25, 0.3) is 6.08 Å². The maximum atomic E-state index is 12.4. The minimum absolute atomic E-state index is 0.0613. The molecule has 0 aliphatic carbocycles. The molecule has 2 amide bonds. The van der Waals surface area contributed by atoms with Gasteiger partial charge in [-0.3, -0.25) is 9.59 Å². The Hall–Kier alpha value is -3.32. The zero-order valence-corrected chi connectivity index (χ0v) is 13.9. The van der Waals surface area contributed by atoms with Crippen molar-refractivity contribution in [1.82, 2.24) is 10.6 Å². The number of aliphatic hydroxyl groups is 1. The highest BCUT2D eigenvalue weighted by Gasteiger charge is 2.16. The highest BCUT2D eigenvalue weighted by Crippen LogP contribution is 2.33. The lowest BCUT2D eigenvalue weighted by Crippen LogP contribution is -2.36. The van der Waals surface area contributed by atoms with Gasteiger partial charge in [-0.25, -0.2) is 0 Å². The Morgan fingerprint density at radius 2 is 1.85 bits per heavy atom. The summed E-state index contributed by atoms with van der Waals surface area (Å²) in [6, 6.07) is 13.8. The van der Waals surface area contributed by atoms with Crippen LogP contribution in [0.1, 0.15) is 15.9 Å². The zero-order valence-electron chi connectivity index (χ0n) is 13.9. The van der Waals surface area contributed by atoms with Gasteiger partial charge in [-0.2, -0.15) is 0 Å². The van der Waals surface area contributed by atoms with Crippen LogP contribution in [-0.4, -0.2) is 36.9 Å². The molecule has 0 fully saturated rings. The van der Waals surface area contributed by atoms with Crippen LogP contribution < -0.4 is 20.1 Å². The summed E-state index contributed by atoms with van der Waals surface area (Å²) in [5, 5.41) is 14.0. The van der Waals surface area contributed by atoms with E-state index in [0.29, 0.717) is 22.6 Å². The van der Waals surface area contributed by atoms with E-state index in [9.17, 15) is 9.59 Å². The molecule has 0 bridgehead atoms. The van der Waals surface area contributed by atoms with E-state index in [4.69, 9.17) is 14.6 Å². The molecular weight excluding hydrogens is 336 g/mol. The number of carbonyl (C=O) groups is 2. The van der Waals surface area contributed by atoms with E-state index in [0.717, 1.165) is 0 Å². The standard InChI is InChI=1S/C19H18N2O5/c22-9-8-20-19(24)15(21-18(23)14-4-2-1-3-5-14)10-13-6-7-16-17(11-13)26-12-25-16/h1-7,10-11,22H,8-9,12H2,(H,20,24)(H,21,23)/b15-10+. The molecule has 2 aromatic carbocycles. The van der Waals surface area contributed by atoms with Gasteiger partial charge in [0, 0.05) is 12.1 Å². The number of amides is 2. The van der Waals surface area contributed by atoms with E-state index in [1.165, 1.54) is 6.08 Å². The first-order valence-corrected chi connectivity index (χ1v) is 8.04. The predicted octanol–water partition coefficient (Wildman–Crippen LogP) is 1.29. The second kappa shape index (κ2) is 8.17. The Morgan fingerprint density at radius 1 is 1.08 bits per heavy atom. The zero-order chi connectivity index (χ0) is 18.4. The maximum Gasteiger partial charge on any atom is 0.267 e. The van der Waals surface area contributed by atoms with Gasteiger partial charge in [0.15, 0.2) is 11.5 Å². The number of hydrogen-bond donors (Lipinski definition) is 3. The van der Waals surface area contributed by atoms with Crippen LogP contribution in [0.2, 0.25) is 0 Å². The summed E-state index contributed by atoms with van der Waals surface area (Å²) in [7, 11) is 0. The first kappa shape index (κ1) is 17.5. The van der Waals surface area contributed by atoms with Crippen molar-refractivity contribution in [2.45, 2.75) is 0 Å². The molecule has 7 heteroatoms. The fourth-order valence-electron chi connectivity index (χ4n) is 2.38. The minimum atomic E-state index is -0.499. The fraction of sp³-hybridized carbons (Fsp3) is 0.158. The summed E-state index contributed by atoms with van der Waals surface area (Å²) in [4.78, 5) is 24.7. The highest BCUT2D eigenvalue weighted by molar-refractivity contribution is 6.05. The Morgan fingerprint density at radius 3 is 2.62 bits per heavy atom. The van der Waals surface area contributed by atoms with Crippen LogP contribution in [0.5, 0.6) is 11.5 Å². The molecule has 1 heterocycles. The van der Waals surface area contributed by atoms with Crippen LogP contribution in [0.15, 0.2) is 54.2 Å². The van der Waals surface area contributed by atoms with E-state index in [-0.39, 0.29) is 25.6 Å². The van der Waals surface area contributed by atoms with Gasteiger partial charge in [-0.1, -0.05) is 24.3 Å². The summed E-state index contributed by atoms with van der Waals surface area (Å²) in [5.74, 6) is 0.294. The molecule has 2 aromatic rings. The molecule has 0 saturated carbocycles. The first-order valence-electron chi connectivity index (χ1n) is 8.04. The lowest BCUT2D eigenvalue weighted by Gasteiger charge is -2.11. The van der Waals surface area contributed by atoms with Crippen LogP contribution in [0, 0.1) is 0 Å².